The third kappa shape index (κ3) is 2.23. The summed E-state index contributed by atoms with van der Waals surface area (Å²) >= 11 is 0. The lowest BCUT2D eigenvalue weighted by Crippen LogP contribution is -1.98. The summed E-state index contributed by atoms with van der Waals surface area (Å²) in [7, 11) is 0. The molecule has 0 unspecified atom stereocenters. The van der Waals surface area contributed by atoms with Gasteiger partial charge in [-0.05, 0) is 24.3 Å². The molecule has 6 heteroatoms. The highest BCUT2D eigenvalue weighted by Crippen LogP contribution is 2.23. The Labute approximate surface area is 113 Å². The predicted molar refractivity (Wildman–Crippen MR) is 71.1 cm³/mol. The Kier molecular flexibility index (Phi) is 2.90. The molecule has 0 spiro atoms. The first-order valence-corrected chi connectivity index (χ1v) is 5.84. The van der Waals surface area contributed by atoms with E-state index in [2.05, 4.69) is 9.97 Å². The molecular weight excluding hydrogens is 262 g/mol. The van der Waals surface area contributed by atoms with Crippen molar-refractivity contribution in [1.82, 2.24) is 14.5 Å². The van der Waals surface area contributed by atoms with Crippen molar-refractivity contribution in [2.24, 2.45) is 0 Å². The maximum atomic E-state index is 13.3. The average Bonchev–Trinajstić information content (AvgIpc) is 2.87. The Morgan fingerprint density at radius 2 is 1.75 bits per heavy atom. The molecule has 0 aliphatic rings. The fourth-order valence-electron chi connectivity index (χ4n) is 1.95. The lowest BCUT2D eigenvalue weighted by Gasteiger charge is -2.08. The smallest absolute Gasteiger partial charge is 0.128 e. The summed E-state index contributed by atoms with van der Waals surface area (Å²) in [5, 5.41) is 0. The third-order valence-corrected chi connectivity index (χ3v) is 2.85. The molecule has 20 heavy (non-hydrogen) atoms. The first kappa shape index (κ1) is 12.3. The van der Waals surface area contributed by atoms with Crippen LogP contribution in [0.15, 0.2) is 49.1 Å². The van der Waals surface area contributed by atoms with Crippen LogP contribution >= 0.6 is 0 Å². The van der Waals surface area contributed by atoms with Gasteiger partial charge in [-0.2, -0.15) is 0 Å². The molecule has 0 atom stereocenters. The van der Waals surface area contributed by atoms with Gasteiger partial charge in [0.1, 0.15) is 17.5 Å². The maximum Gasteiger partial charge on any atom is 0.128 e. The van der Waals surface area contributed by atoms with Crippen LogP contribution in [0, 0.1) is 11.6 Å². The molecule has 2 aromatic heterocycles. The highest BCUT2D eigenvalue weighted by atomic mass is 19.1. The number of nitrogens with two attached hydrogens (primary N) is 1. The molecule has 0 aliphatic heterocycles. The Bertz CT molecular complexity index is 730. The number of imidazole rings is 1. The first-order chi connectivity index (χ1) is 9.63. The second-order valence-corrected chi connectivity index (χ2v) is 4.25. The van der Waals surface area contributed by atoms with Crippen LogP contribution in [0.1, 0.15) is 0 Å². The van der Waals surface area contributed by atoms with Crippen LogP contribution in [0.5, 0.6) is 0 Å². The van der Waals surface area contributed by atoms with Crippen molar-refractivity contribution in [2.45, 2.75) is 0 Å². The fraction of sp³-hybridized carbons (Fsp3) is 0. The Hall–Kier alpha value is -2.76. The van der Waals surface area contributed by atoms with Gasteiger partial charge in [-0.25, -0.2) is 18.7 Å². The van der Waals surface area contributed by atoms with E-state index in [0.717, 1.165) is 11.6 Å². The molecule has 0 saturated heterocycles. The van der Waals surface area contributed by atoms with Crippen LogP contribution < -0.4 is 5.73 Å². The average molecular weight is 272 g/mol. The molecule has 0 fully saturated rings. The number of hydrogen-bond acceptors (Lipinski definition) is 3. The van der Waals surface area contributed by atoms with Gasteiger partial charge in [0, 0.05) is 17.8 Å². The molecule has 3 aromatic rings. The van der Waals surface area contributed by atoms with Gasteiger partial charge in [0.2, 0.25) is 0 Å². The SMILES string of the molecule is Nc1ccc(-c2cncn2-c2cc(F)cc(F)c2)cn1. The van der Waals surface area contributed by atoms with E-state index in [1.807, 2.05) is 0 Å². The Morgan fingerprint density at radius 3 is 2.40 bits per heavy atom. The molecule has 0 amide bonds. The number of nitrogen functional groups attached to an aromatic ring is 1. The van der Waals surface area contributed by atoms with Crippen LogP contribution in [0.4, 0.5) is 14.6 Å². The minimum Gasteiger partial charge on any atom is -0.384 e. The summed E-state index contributed by atoms with van der Waals surface area (Å²) in [6.07, 6.45) is 4.66. The van der Waals surface area contributed by atoms with Gasteiger partial charge in [0.05, 0.1) is 23.9 Å². The molecule has 0 radical (unpaired) electrons. The van der Waals surface area contributed by atoms with Crippen LogP contribution in [0.2, 0.25) is 0 Å². The van der Waals surface area contributed by atoms with Gasteiger partial charge < -0.3 is 5.73 Å². The van der Waals surface area contributed by atoms with Crippen LogP contribution in [-0.2, 0) is 0 Å². The number of hydrogen-bond donors (Lipinski definition) is 1. The zero-order valence-corrected chi connectivity index (χ0v) is 10.3. The van der Waals surface area contributed by atoms with E-state index in [4.69, 9.17) is 5.73 Å². The molecule has 2 N–H and O–H groups in total. The molecule has 0 saturated carbocycles. The van der Waals surface area contributed by atoms with Crippen LogP contribution in [-0.4, -0.2) is 14.5 Å². The molecule has 2 heterocycles. The lowest BCUT2D eigenvalue weighted by molar-refractivity contribution is 0.581. The summed E-state index contributed by atoms with van der Waals surface area (Å²) in [6, 6.07) is 6.72. The number of nitrogens with zero attached hydrogens (tertiary/aromatic N) is 3. The van der Waals surface area contributed by atoms with Crippen molar-refractivity contribution in [3.8, 4) is 16.9 Å². The summed E-state index contributed by atoms with van der Waals surface area (Å²) in [4.78, 5) is 8.01. The van der Waals surface area contributed by atoms with E-state index in [1.54, 1.807) is 29.1 Å². The fourth-order valence-corrected chi connectivity index (χ4v) is 1.95. The summed E-state index contributed by atoms with van der Waals surface area (Å²) in [5.41, 5.74) is 7.31. The molecule has 100 valence electrons. The van der Waals surface area contributed by atoms with Crippen LogP contribution in [0.3, 0.4) is 0 Å². The van der Waals surface area contributed by atoms with Crippen molar-refractivity contribution in [3.05, 3.63) is 60.7 Å². The van der Waals surface area contributed by atoms with E-state index in [9.17, 15) is 8.78 Å². The molecule has 4 nitrogen and oxygen atoms in total. The monoisotopic (exact) mass is 272 g/mol. The van der Waals surface area contributed by atoms with Crippen molar-refractivity contribution >= 4 is 5.82 Å². The molecule has 1 aromatic carbocycles. The second kappa shape index (κ2) is 4.73. The second-order valence-electron chi connectivity index (χ2n) is 4.25. The minimum atomic E-state index is -0.643. The summed E-state index contributed by atoms with van der Waals surface area (Å²) in [6.45, 7) is 0. The van der Waals surface area contributed by atoms with E-state index < -0.39 is 11.6 Å². The predicted octanol–water partition coefficient (Wildman–Crippen LogP) is 2.79. The Balaban J connectivity index is 2.12. The normalized spacial score (nSPS) is 10.7. The van der Waals surface area contributed by atoms with E-state index in [1.165, 1.54) is 18.5 Å². The van der Waals surface area contributed by atoms with Gasteiger partial charge in [0.25, 0.3) is 0 Å². The molecule has 0 aliphatic carbocycles. The lowest BCUT2D eigenvalue weighted by atomic mass is 10.2. The number of rotatable bonds is 2. The minimum absolute atomic E-state index is 0.354. The van der Waals surface area contributed by atoms with Gasteiger partial charge in [-0.1, -0.05) is 0 Å². The standard InChI is InChI=1S/C14H10F2N4/c15-10-3-11(16)5-12(4-10)20-8-18-7-13(20)9-1-2-14(17)19-6-9/h1-8H,(H2,17,19). The highest BCUT2D eigenvalue weighted by Gasteiger charge is 2.09. The largest absolute Gasteiger partial charge is 0.384 e. The summed E-state index contributed by atoms with van der Waals surface area (Å²) in [5.74, 6) is -0.887. The molecular formula is C14H10F2N4. The van der Waals surface area contributed by atoms with Crippen molar-refractivity contribution in [3.63, 3.8) is 0 Å². The number of benzene rings is 1. The maximum absolute atomic E-state index is 13.3. The van der Waals surface area contributed by atoms with Gasteiger partial charge in [-0.15, -0.1) is 0 Å². The van der Waals surface area contributed by atoms with Gasteiger partial charge in [-0.3, -0.25) is 4.57 Å². The van der Waals surface area contributed by atoms with Crippen molar-refractivity contribution in [2.75, 3.05) is 5.73 Å². The van der Waals surface area contributed by atoms with E-state index >= 15 is 0 Å². The highest BCUT2D eigenvalue weighted by molar-refractivity contribution is 5.61. The quantitative estimate of drug-likeness (QED) is 0.780. The number of anilines is 1. The zero-order valence-electron chi connectivity index (χ0n) is 10.3. The van der Waals surface area contributed by atoms with Crippen molar-refractivity contribution < 1.29 is 8.78 Å². The molecule has 0 bridgehead atoms. The Morgan fingerprint density at radius 1 is 1.00 bits per heavy atom. The summed E-state index contributed by atoms with van der Waals surface area (Å²) < 4.78 is 28.2. The third-order valence-electron chi connectivity index (χ3n) is 2.85. The number of aromatic nitrogens is 3. The van der Waals surface area contributed by atoms with E-state index in [-0.39, 0.29) is 0 Å². The number of pyridine rings is 1. The number of halogens is 2. The van der Waals surface area contributed by atoms with Crippen LogP contribution in [0.25, 0.3) is 16.9 Å². The topological polar surface area (TPSA) is 56.7 Å². The molecule has 3 rings (SSSR count). The first-order valence-electron chi connectivity index (χ1n) is 5.84. The van der Waals surface area contributed by atoms with Gasteiger partial charge >= 0.3 is 0 Å². The zero-order chi connectivity index (χ0) is 14.1. The van der Waals surface area contributed by atoms with E-state index in [0.29, 0.717) is 17.2 Å². The van der Waals surface area contributed by atoms with Crippen molar-refractivity contribution in [1.29, 1.82) is 0 Å². The van der Waals surface area contributed by atoms with Gasteiger partial charge in [0.15, 0.2) is 0 Å².